The normalized spacial score (nSPS) is 24.4. The van der Waals surface area contributed by atoms with Gasteiger partial charge in [-0.3, -0.25) is 0 Å². The van der Waals surface area contributed by atoms with Crippen LogP contribution in [0, 0.1) is 0 Å². The van der Waals surface area contributed by atoms with Crippen LogP contribution >= 0.6 is 24.0 Å². The van der Waals surface area contributed by atoms with Gasteiger partial charge >= 0.3 is 0 Å². The van der Waals surface area contributed by atoms with Gasteiger partial charge in [-0.25, -0.2) is 0 Å². The molecule has 0 radical (unpaired) electrons. The lowest BCUT2D eigenvalue weighted by Crippen LogP contribution is -2.44. The van der Waals surface area contributed by atoms with E-state index in [4.69, 9.17) is 12.2 Å². The highest BCUT2D eigenvalue weighted by molar-refractivity contribution is 7.99. The van der Waals surface area contributed by atoms with Crippen molar-refractivity contribution < 1.29 is 0 Å². The van der Waals surface area contributed by atoms with Gasteiger partial charge in [0.25, 0.3) is 0 Å². The fraction of sp³-hybridized carbons (Fsp3) is 0.917. The van der Waals surface area contributed by atoms with Gasteiger partial charge in [-0.1, -0.05) is 26.7 Å². The van der Waals surface area contributed by atoms with Crippen molar-refractivity contribution in [3.05, 3.63) is 0 Å². The van der Waals surface area contributed by atoms with Crippen LogP contribution in [0.25, 0.3) is 0 Å². The summed E-state index contributed by atoms with van der Waals surface area (Å²) < 4.78 is 0. The molecule has 2 atom stereocenters. The number of hydrogen-bond acceptors (Lipinski definition) is 2. The largest absolute Gasteiger partial charge is 0.363 e. The minimum Gasteiger partial charge on any atom is -0.363 e. The summed E-state index contributed by atoms with van der Waals surface area (Å²) in [6, 6.07) is 0.589. The van der Waals surface area contributed by atoms with Crippen molar-refractivity contribution in [1.29, 1.82) is 0 Å². The van der Waals surface area contributed by atoms with Gasteiger partial charge in [0.1, 0.15) is 0 Å². The van der Waals surface area contributed by atoms with E-state index in [-0.39, 0.29) is 0 Å². The Kier molecular flexibility index (Phi) is 7.21. The zero-order valence-electron chi connectivity index (χ0n) is 10.4. The second-order valence-electron chi connectivity index (χ2n) is 4.28. The van der Waals surface area contributed by atoms with E-state index in [9.17, 15) is 0 Å². The topological polar surface area (TPSA) is 24.1 Å². The summed E-state index contributed by atoms with van der Waals surface area (Å²) in [7, 11) is 0. The molecule has 2 unspecified atom stereocenters. The summed E-state index contributed by atoms with van der Waals surface area (Å²) in [6.07, 6.45) is 6.36. The minimum atomic E-state index is 0.589. The van der Waals surface area contributed by atoms with Crippen LogP contribution in [0.5, 0.6) is 0 Å². The Morgan fingerprint density at radius 2 is 2.19 bits per heavy atom. The van der Waals surface area contributed by atoms with Gasteiger partial charge in [0, 0.05) is 17.8 Å². The van der Waals surface area contributed by atoms with Gasteiger partial charge in [0.15, 0.2) is 5.11 Å². The Hall–Kier alpha value is 0.0400. The molecule has 1 aliphatic rings. The highest BCUT2D eigenvalue weighted by Crippen LogP contribution is 2.29. The van der Waals surface area contributed by atoms with Crippen molar-refractivity contribution in [1.82, 2.24) is 10.6 Å². The van der Waals surface area contributed by atoms with Crippen LogP contribution in [0.1, 0.15) is 46.0 Å². The molecule has 0 aliphatic heterocycles. The monoisotopic (exact) mass is 260 g/mol. The Morgan fingerprint density at radius 1 is 1.38 bits per heavy atom. The Bertz CT molecular complexity index is 209. The molecule has 0 saturated heterocycles. The van der Waals surface area contributed by atoms with E-state index < -0.39 is 0 Å². The number of thioether (sulfide) groups is 1. The molecule has 0 spiro atoms. The summed E-state index contributed by atoms with van der Waals surface area (Å²) in [5, 5.41) is 8.37. The van der Waals surface area contributed by atoms with Crippen LogP contribution in [0.3, 0.4) is 0 Å². The van der Waals surface area contributed by atoms with Crippen molar-refractivity contribution >= 4 is 29.1 Å². The van der Waals surface area contributed by atoms with Crippen LogP contribution in [0.15, 0.2) is 0 Å². The van der Waals surface area contributed by atoms with E-state index in [1.54, 1.807) is 0 Å². The summed E-state index contributed by atoms with van der Waals surface area (Å²) in [4.78, 5) is 0. The molecule has 0 bridgehead atoms. The van der Waals surface area contributed by atoms with Crippen LogP contribution < -0.4 is 10.6 Å². The molecule has 1 rings (SSSR count). The summed E-state index contributed by atoms with van der Waals surface area (Å²) >= 11 is 7.38. The molecule has 94 valence electrons. The summed E-state index contributed by atoms with van der Waals surface area (Å²) in [5.41, 5.74) is 0. The van der Waals surface area contributed by atoms with Crippen molar-refractivity contribution in [3.63, 3.8) is 0 Å². The molecule has 0 amide bonds. The molecule has 4 heteroatoms. The molecule has 1 fully saturated rings. The lowest BCUT2D eigenvalue weighted by molar-refractivity contribution is 0.627. The number of rotatable bonds is 6. The molecule has 16 heavy (non-hydrogen) atoms. The minimum absolute atomic E-state index is 0.589. The van der Waals surface area contributed by atoms with E-state index in [0.717, 1.165) is 16.9 Å². The van der Waals surface area contributed by atoms with Gasteiger partial charge in [-0.2, -0.15) is 11.8 Å². The molecule has 0 aromatic carbocycles. The first-order valence-corrected chi connectivity index (χ1v) is 7.89. The van der Waals surface area contributed by atoms with Crippen molar-refractivity contribution in [2.45, 2.75) is 57.2 Å². The van der Waals surface area contributed by atoms with Crippen LogP contribution in [0.2, 0.25) is 0 Å². The third kappa shape index (κ3) is 4.91. The second kappa shape index (κ2) is 8.18. The van der Waals surface area contributed by atoms with Gasteiger partial charge in [-0.05, 0) is 37.2 Å². The van der Waals surface area contributed by atoms with Gasteiger partial charge in [0.2, 0.25) is 0 Å². The molecule has 0 heterocycles. The highest BCUT2D eigenvalue weighted by Gasteiger charge is 2.27. The first kappa shape index (κ1) is 14.1. The molecule has 1 aliphatic carbocycles. The maximum atomic E-state index is 5.31. The number of unbranched alkanes of at least 4 members (excludes halogenated alkanes) is 1. The number of hydrogen-bond donors (Lipinski definition) is 2. The maximum Gasteiger partial charge on any atom is 0.166 e. The first-order chi connectivity index (χ1) is 7.77. The Labute approximate surface area is 109 Å². The molecular weight excluding hydrogens is 236 g/mol. The highest BCUT2D eigenvalue weighted by atomic mass is 32.2. The van der Waals surface area contributed by atoms with Crippen molar-refractivity contribution in [2.24, 2.45) is 0 Å². The van der Waals surface area contributed by atoms with Gasteiger partial charge in [-0.15, -0.1) is 0 Å². The number of thiocarbonyl (C=S) groups is 1. The smallest absolute Gasteiger partial charge is 0.166 e. The average Bonchev–Trinajstić information content (AvgIpc) is 2.67. The Balaban J connectivity index is 2.21. The van der Waals surface area contributed by atoms with Gasteiger partial charge in [0.05, 0.1) is 0 Å². The first-order valence-electron chi connectivity index (χ1n) is 6.43. The molecule has 2 N–H and O–H groups in total. The molecule has 2 nitrogen and oxygen atoms in total. The average molecular weight is 260 g/mol. The van der Waals surface area contributed by atoms with Crippen LogP contribution in [0.4, 0.5) is 0 Å². The van der Waals surface area contributed by atoms with Crippen LogP contribution in [-0.2, 0) is 0 Å². The van der Waals surface area contributed by atoms with Gasteiger partial charge < -0.3 is 10.6 Å². The van der Waals surface area contributed by atoms with E-state index >= 15 is 0 Å². The molecular formula is C12H24N2S2. The summed E-state index contributed by atoms with van der Waals surface area (Å²) in [5.74, 6) is 1.21. The Morgan fingerprint density at radius 3 is 2.88 bits per heavy atom. The van der Waals surface area contributed by atoms with Crippen molar-refractivity contribution in [3.8, 4) is 0 Å². The zero-order valence-corrected chi connectivity index (χ0v) is 12.1. The number of nitrogens with one attached hydrogen (secondary N) is 2. The lowest BCUT2D eigenvalue weighted by atomic mass is 10.2. The van der Waals surface area contributed by atoms with E-state index in [1.807, 2.05) is 0 Å². The standard InChI is InChI=1S/C12H24N2S2/c1-3-5-9-13-12(15)14-10-7-6-8-11(10)16-4-2/h10-11H,3-9H2,1-2H3,(H2,13,14,15). The lowest BCUT2D eigenvalue weighted by Gasteiger charge is -2.22. The third-order valence-corrected chi connectivity index (χ3v) is 4.55. The van der Waals surface area contributed by atoms with E-state index in [0.29, 0.717) is 6.04 Å². The predicted molar refractivity (Wildman–Crippen MR) is 78.2 cm³/mol. The second-order valence-corrected chi connectivity index (χ2v) is 6.21. The molecule has 1 saturated carbocycles. The van der Waals surface area contributed by atoms with E-state index in [2.05, 4.69) is 36.2 Å². The van der Waals surface area contributed by atoms with Crippen LogP contribution in [-0.4, -0.2) is 28.7 Å². The molecule has 0 aromatic heterocycles. The predicted octanol–water partition coefficient (Wildman–Crippen LogP) is 2.92. The summed E-state index contributed by atoms with van der Waals surface area (Å²) in [6.45, 7) is 5.43. The van der Waals surface area contributed by atoms with E-state index in [1.165, 1.54) is 37.9 Å². The van der Waals surface area contributed by atoms with Crippen molar-refractivity contribution in [2.75, 3.05) is 12.3 Å². The molecule has 0 aromatic rings. The maximum absolute atomic E-state index is 5.31. The zero-order chi connectivity index (χ0) is 11.8. The third-order valence-electron chi connectivity index (χ3n) is 2.97. The fourth-order valence-corrected chi connectivity index (χ4v) is 3.55. The SMILES string of the molecule is CCCCNC(=S)NC1CCCC1SCC. The fourth-order valence-electron chi connectivity index (χ4n) is 2.10. The quantitative estimate of drug-likeness (QED) is 0.566.